The molecule has 2 heterocycles. The zero-order valence-corrected chi connectivity index (χ0v) is 17.5. The molecule has 6 heteroatoms. The molecular formula is C22H30N4O2. The molecule has 0 spiro atoms. The van der Waals surface area contributed by atoms with E-state index in [1.165, 1.54) is 5.56 Å². The number of hydrogen-bond donors (Lipinski definition) is 0. The summed E-state index contributed by atoms with van der Waals surface area (Å²) in [6, 6.07) is 8.12. The fraction of sp³-hybridized carbons (Fsp3) is 0.500. The fourth-order valence-electron chi connectivity index (χ4n) is 3.38. The van der Waals surface area contributed by atoms with Gasteiger partial charge in [0.15, 0.2) is 6.61 Å². The Morgan fingerprint density at radius 3 is 2.43 bits per heavy atom. The van der Waals surface area contributed by atoms with E-state index in [0.29, 0.717) is 13.1 Å². The first-order valence-corrected chi connectivity index (χ1v) is 9.79. The lowest BCUT2D eigenvalue weighted by atomic mass is 9.85. The number of anilines is 1. The van der Waals surface area contributed by atoms with E-state index < -0.39 is 0 Å². The molecule has 2 aromatic rings. The van der Waals surface area contributed by atoms with Crippen LogP contribution in [-0.4, -0.2) is 53.6 Å². The summed E-state index contributed by atoms with van der Waals surface area (Å²) in [5, 5.41) is 0. The second-order valence-corrected chi connectivity index (χ2v) is 8.42. The van der Waals surface area contributed by atoms with E-state index >= 15 is 0 Å². The Kier molecular flexibility index (Phi) is 5.87. The van der Waals surface area contributed by atoms with E-state index in [9.17, 15) is 4.79 Å². The van der Waals surface area contributed by atoms with Crippen molar-refractivity contribution in [2.45, 2.75) is 40.0 Å². The van der Waals surface area contributed by atoms with Crippen molar-refractivity contribution < 1.29 is 9.53 Å². The number of carbonyl (C=O) groups excluding carboxylic acids is 1. The molecule has 0 N–H and O–H groups in total. The monoisotopic (exact) mass is 382 g/mol. The Morgan fingerprint density at radius 1 is 1.07 bits per heavy atom. The normalized spacial score (nSPS) is 14.9. The lowest BCUT2D eigenvalue weighted by Crippen LogP contribution is -2.50. The van der Waals surface area contributed by atoms with Gasteiger partial charge >= 0.3 is 0 Å². The van der Waals surface area contributed by atoms with Crippen molar-refractivity contribution in [1.29, 1.82) is 0 Å². The molecule has 0 atom stereocenters. The molecule has 1 aliphatic heterocycles. The maximum atomic E-state index is 12.7. The van der Waals surface area contributed by atoms with Gasteiger partial charge in [-0.2, -0.15) is 0 Å². The van der Waals surface area contributed by atoms with Gasteiger partial charge in [0.2, 0.25) is 0 Å². The van der Waals surface area contributed by atoms with Gasteiger partial charge in [0.05, 0.1) is 0 Å². The van der Waals surface area contributed by atoms with Crippen molar-refractivity contribution in [3.63, 3.8) is 0 Å². The molecule has 0 bridgehead atoms. The number of benzene rings is 1. The number of piperazine rings is 1. The number of nitrogens with zero attached hydrogens (tertiary/aromatic N) is 4. The lowest BCUT2D eigenvalue weighted by Gasteiger charge is -2.35. The molecule has 6 nitrogen and oxygen atoms in total. The van der Waals surface area contributed by atoms with Crippen LogP contribution in [0.15, 0.2) is 30.6 Å². The third kappa shape index (κ3) is 4.80. The van der Waals surface area contributed by atoms with Crippen molar-refractivity contribution in [2.24, 2.45) is 0 Å². The summed E-state index contributed by atoms with van der Waals surface area (Å²) in [4.78, 5) is 25.2. The highest BCUT2D eigenvalue weighted by Gasteiger charge is 2.24. The minimum absolute atomic E-state index is 0.0268. The highest BCUT2D eigenvalue weighted by Crippen LogP contribution is 2.32. The summed E-state index contributed by atoms with van der Waals surface area (Å²) in [7, 11) is 0. The van der Waals surface area contributed by atoms with E-state index in [2.05, 4.69) is 48.6 Å². The number of aromatic nitrogens is 2. The van der Waals surface area contributed by atoms with Crippen molar-refractivity contribution >= 4 is 11.7 Å². The van der Waals surface area contributed by atoms with Crippen LogP contribution in [0, 0.1) is 13.8 Å². The third-order valence-electron chi connectivity index (χ3n) is 5.04. The highest BCUT2D eigenvalue weighted by atomic mass is 16.5. The number of rotatable bonds is 4. The number of ether oxygens (including phenoxy) is 1. The zero-order valence-electron chi connectivity index (χ0n) is 17.5. The second-order valence-electron chi connectivity index (χ2n) is 8.42. The Morgan fingerprint density at radius 2 is 1.79 bits per heavy atom. The molecule has 0 unspecified atom stereocenters. The zero-order chi connectivity index (χ0) is 20.3. The standard InChI is InChI=1S/C22H30N4O2/c1-16-6-7-19(18(12-16)22(3,4)5)28-14-21(27)26-10-8-25(9-11-26)20-13-17(2)23-15-24-20/h6-7,12-13,15H,8-11,14H2,1-5H3. The lowest BCUT2D eigenvalue weighted by molar-refractivity contribution is -0.133. The summed E-state index contributed by atoms with van der Waals surface area (Å²) >= 11 is 0. The summed E-state index contributed by atoms with van der Waals surface area (Å²) in [5.41, 5.74) is 3.24. The van der Waals surface area contributed by atoms with Gasteiger partial charge in [-0.1, -0.05) is 38.5 Å². The van der Waals surface area contributed by atoms with Crippen LogP contribution in [0.4, 0.5) is 5.82 Å². The molecule has 28 heavy (non-hydrogen) atoms. The molecular weight excluding hydrogens is 352 g/mol. The summed E-state index contributed by atoms with van der Waals surface area (Å²) in [6.45, 7) is 13.4. The van der Waals surface area contributed by atoms with Gasteiger partial charge in [-0.25, -0.2) is 9.97 Å². The predicted octanol–water partition coefficient (Wildman–Crippen LogP) is 3.12. The van der Waals surface area contributed by atoms with Gasteiger partial charge in [0.1, 0.15) is 17.9 Å². The van der Waals surface area contributed by atoms with Gasteiger partial charge in [-0.05, 0) is 30.9 Å². The van der Waals surface area contributed by atoms with Crippen LogP contribution in [0.25, 0.3) is 0 Å². The van der Waals surface area contributed by atoms with Crippen LogP contribution in [0.1, 0.15) is 37.6 Å². The smallest absolute Gasteiger partial charge is 0.260 e. The number of aryl methyl sites for hydroxylation is 2. The van der Waals surface area contributed by atoms with Gasteiger partial charge in [0, 0.05) is 37.9 Å². The fourth-order valence-corrected chi connectivity index (χ4v) is 3.38. The van der Waals surface area contributed by atoms with E-state index in [1.807, 2.05) is 30.0 Å². The molecule has 1 amide bonds. The van der Waals surface area contributed by atoms with Crippen LogP contribution >= 0.6 is 0 Å². The van der Waals surface area contributed by atoms with Crippen molar-refractivity contribution in [2.75, 3.05) is 37.7 Å². The van der Waals surface area contributed by atoms with E-state index in [4.69, 9.17) is 4.74 Å². The first kappa shape index (κ1) is 20.1. The Bertz CT molecular complexity index is 837. The van der Waals surface area contributed by atoms with Crippen molar-refractivity contribution in [3.05, 3.63) is 47.4 Å². The van der Waals surface area contributed by atoms with E-state index in [0.717, 1.165) is 35.9 Å². The SMILES string of the molecule is Cc1ccc(OCC(=O)N2CCN(c3cc(C)ncn3)CC2)c(C(C)(C)C)c1. The molecule has 0 radical (unpaired) electrons. The Hall–Kier alpha value is -2.63. The Balaban J connectivity index is 1.57. The second kappa shape index (κ2) is 8.17. The molecule has 1 saturated heterocycles. The molecule has 1 aromatic carbocycles. The van der Waals surface area contributed by atoms with Crippen LogP contribution in [0.2, 0.25) is 0 Å². The Labute approximate surface area is 167 Å². The van der Waals surface area contributed by atoms with Gasteiger partial charge in [0.25, 0.3) is 5.91 Å². The summed E-state index contributed by atoms with van der Waals surface area (Å²) < 4.78 is 5.94. The van der Waals surface area contributed by atoms with Crippen LogP contribution in [-0.2, 0) is 10.2 Å². The minimum Gasteiger partial charge on any atom is -0.483 e. The van der Waals surface area contributed by atoms with Gasteiger partial charge in [-0.15, -0.1) is 0 Å². The third-order valence-corrected chi connectivity index (χ3v) is 5.04. The average Bonchev–Trinajstić information content (AvgIpc) is 2.66. The largest absolute Gasteiger partial charge is 0.483 e. The topological polar surface area (TPSA) is 58.6 Å². The number of carbonyl (C=O) groups is 1. The molecule has 1 aliphatic rings. The number of amides is 1. The van der Waals surface area contributed by atoms with E-state index in [1.54, 1.807) is 6.33 Å². The van der Waals surface area contributed by atoms with Gasteiger partial charge in [-0.3, -0.25) is 4.79 Å². The van der Waals surface area contributed by atoms with Gasteiger partial charge < -0.3 is 14.5 Å². The van der Waals surface area contributed by atoms with Crippen molar-refractivity contribution in [3.8, 4) is 5.75 Å². The molecule has 3 rings (SSSR count). The highest BCUT2D eigenvalue weighted by molar-refractivity contribution is 5.78. The van der Waals surface area contributed by atoms with Crippen LogP contribution in [0.3, 0.4) is 0 Å². The first-order valence-electron chi connectivity index (χ1n) is 9.79. The maximum Gasteiger partial charge on any atom is 0.260 e. The molecule has 1 fully saturated rings. The summed E-state index contributed by atoms with van der Waals surface area (Å²) in [5.74, 6) is 1.74. The molecule has 1 aromatic heterocycles. The van der Waals surface area contributed by atoms with Crippen LogP contribution < -0.4 is 9.64 Å². The molecule has 150 valence electrons. The average molecular weight is 383 g/mol. The van der Waals surface area contributed by atoms with E-state index in [-0.39, 0.29) is 17.9 Å². The molecule has 0 aliphatic carbocycles. The minimum atomic E-state index is -0.0360. The first-order chi connectivity index (χ1) is 13.2. The summed E-state index contributed by atoms with van der Waals surface area (Å²) in [6.07, 6.45) is 1.59. The van der Waals surface area contributed by atoms with Crippen molar-refractivity contribution in [1.82, 2.24) is 14.9 Å². The molecule has 0 saturated carbocycles. The maximum absolute atomic E-state index is 12.7. The number of hydrogen-bond acceptors (Lipinski definition) is 5. The van der Waals surface area contributed by atoms with Crippen LogP contribution in [0.5, 0.6) is 5.75 Å². The predicted molar refractivity (Wildman–Crippen MR) is 111 cm³/mol. The quantitative estimate of drug-likeness (QED) is 0.813.